The first-order valence-electron chi connectivity index (χ1n) is 9.70. The highest BCUT2D eigenvalue weighted by Crippen LogP contribution is 2.35. The minimum atomic E-state index is 0.237. The quantitative estimate of drug-likeness (QED) is 0.601. The molecule has 6 heteroatoms. The van der Waals surface area contributed by atoms with Gasteiger partial charge < -0.3 is 25.0 Å². The molecule has 144 valence electrons. The lowest BCUT2D eigenvalue weighted by Crippen LogP contribution is -2.43. The molecule has 0 aliphatic carbocycles. The Hall–Kier alpha value is -1.95. The summed E-state index contributed by atoms with van der Waals surface area (Å²) in [7, 11) is 4.00. The molecule has 1 fully saturated rings. The molecule has 2 atom stereocenters. The van der Waals surface area contributed by atoms with E-state index in [2.05, 4.69) is 46.6 Å². The molecule has 26 heavy (non-hydrogen) atoms. The average Bonchev–Trinajstić information content (AvgIpc) is 3.19. The second-order valence-corrected chi connectivity index (χ2v) is 7.22. The Kier molecular flexibility index (Phi) is 6.25. The van der Waals surface area contributed by atoms with E-state index in [0.29, 0.717) is 19.2 Å². The number of hydrogen-bond donors (Lipinski definition) is 2. The van der Waals surface area contributed by atoms with Crippen molar-refractivity contribution in [3.8, 4) is 11.5 Å². The molecular formula is C20H32N4O2. The first kappa shape index (κ1) is 18.8. The third-order valence-corrected chi connectivity index (χ3v) is 5.23. The monoisotopic (exact) mass is 360 g/mol. The van der Waals surface area contributed by atoms with Gasteiger partial charge in [0.1, 0.15) is 17.6 Å². The summed E-state index contributed by atoms with van der Waals surface area (Å²) in [6.45, 7) is 7.53. The minimum absolute atomic E-state index is 0.237. The number of hydrogen-bond acceptors (Lipinski definition) is 4. The molecule has 0 radical (unpaired) electrons. The van der Waals surface area contributed by atoms with E-state index < -0.39 is 0 Å². The maximum atomic E-state index is 5.91. The number of benzene rings is 1. The molecule has 2 unspecified atom stereocenters. The minimum Gasteiger partial charge on any atom is -0.494 e. The van der Waals surface area contributed by atoms with Crippen LogP contribution in [0.3, 0.4) is 0 Å². The number of likely N-dealkylation sites (tertiary alicyclic amines) is 1. The first-order chi connectivity index (χ1) is 12.6. The van der Waals surface area contributed by atoms with Gasteiger partial charge in [0.05, 0.1) is 6.61 Å². The summed E-state index contributed by atoms with van der Waals surface area (Å²) in [4.78, 5) is 6.76. The lowest BCUT2D eigenvalue weighted by molar-refractivity contribution is 0.254. The molecule has 0 saturated carbocycles. The third-order valence-electron chi connectivity index (χ3n) is 5.23. The van der Waals surface area contributed by atoms with Crippen LogP contribution in [0, 0.1) is 0 Å². The molecule has 2 aliphatic rings. The Balaban J connectivity index is 1.61. The highest BCUT2D eigenvalue weighted by atomic mass is 16.5. The Morgan fingerprint density at radius 1 is 1.38 bits per heavy atom. The van der Waals surface area contributed by atoms with Gasteiger partial charge in [-0.2, -0.15) is 0 Å². The van der Waals surface area contributed by atoms with E-state index in [0.717, 1.165) is 36.0 Å². The number of likely N-dealkylation sites (N-methyl/N-ethyl adjacent to an activating group) is 1. The summed E-state index contributed by atoms with van der Waals surface area (Å²) in [6, 6.07) is 4.82. The summed E-state index contributed by atoms with van der Waals surface area (Å²) in [6.07, 6.45) is 3.71. The summed E-state index contributed by atoms with van der Waals surface area (Å²) < 4.78 is 11.8. The van der Waals surface area contributed by atoms with E-state index in [-0.39, 0.29) is 6.10 Å². The van der Waals surface area contributed by atoms with Crippen LogP contribution in [-0.2, 0) is 13.0 Å². The van der Waals surface area contributed by atoms with Crippen LogP contribution in [0.25, 0.3) is 0 Å². The van der Waals surface area contributed by atoms with Crippen LogP contribution in [0.5, 0.6) is 11.5 Å². The lowest BCUT2D eigenvalue weighted by Gasteiger charge is -2.21. The maximum Gasteiger partial charge on any atom is 0.191 e. The molecule has 0 spiro atoms. The van der Waals surface area contributed by atoms with E-state index in [1.165, 1.54) is 24.9 Å². The van der Waals surface area contributed by atoms with Crippen molar-refractivity contribution < 1.29 is 9.47 Å². The zero-order chi connectivity index (χ0) is 18.5. The molecule has 1 aromatic rings. The Morgan fingerprint density at radius 3 is 2.92 bits per heavy atom. The van der Waals surface area contributed by atoms with Gasteiger partial charge in [0, 0.05) is 43.7 Å². The van der Waals surface area contributed by atoms with Gasteiger partial charge in [-0.3, -0.25) is 4.99 Å². The summed E-state index contributed by atoms with van der Waals surface area (Å²) in [5, 5.41) is 6.86. The van der Waals surface area contributed by atoms with Crippen LogP contribution in [0.15, 0.2) is 17.1 Å². The van der Waals surface area contributed by atoms with Crippen molar-refractivity contribution in [3.63, 3.8) is 0 Å². The van der Waals surface area contributed by atoms with E-state index in [4.69, 9.17) is 9.47 Å². The highest BCUT2D eigenvalue weighted by molar-refractivity contribution is 5.79. The molecule has 6 nitrogen and oxygen atoms in total. The Bertz CT molecular complexity index is 647. The van der Waals surface area contributed by atoms with Gasteiger partial charge in [-0.15, -0.1) is 0 Å². The fourth-order valence-electron chi connectivity index (χ4n) is 3.76. The first-order valence-corrected chi connectivity index (χ1v) is 9.70. The van der Waals surface area contributed by atoms with Crippen molar-refractivity contribution in [1.82, 2.24) is 15.5 Å². The summed E-state index contributed by atoms with van der Waals surface area (Å²) in [5.74, 6) is 2.73. The van der Waals surface area contributed by atoms with Gasteiger partial charge in [0.15, 0.2) is 5.96 Å². The Labute approximate surface area is 157 Å². The van der Waals surface area contributed by atoms with Crippen molar-refractivity contribution in [1.29, 1.82) is 0 Å². The van der Waals surface area contributed by atoms with E-state index in [1.54, 1.807) is 0 Å². The summed E-state index contributed by atoms with van der Waals surface area (Å²) in [5.41, 5.74) is 2.33. The average molecular weight is 361 g/mol. The smallest absolute Gasteiger partial charge is 0.191 e. The second kappa shape index (κ2) is 8.62. The molecule has 2 aliphatic heterocycles. The molecule has 3 rings (SSSR count). The predicted octanol–water partition coefficient (Wildman–Crippen LogP) is 2.17. The van der Waals surface area contributed by atoms with Crippen molar-refractivity contribution in [2.75, 3.05) is 33.8 Å². The molecule has 0 amide bonds. The Morgan fingerprint density at radius 2 is 2.23 bits per heavy atom. The van der Waals surface area contributed by atoms with Crippen molar-refractivity contribution in [3.05, 3.63) is 23.3 Å². The van der Waals surface area contributed by atoms with Crippen LogP contribution in [0.1, 0.15) is 37.8 Å². The van der Waals surface area contributed by atoms with Crippen LogP contribution in [-0.4, -0.2) is 56.8 Å². The zero-order valence-corrected chi connectivity index (χ0v) is 16.5. The topological polar surface area (TPSA) is 58.1 Å². The number of aliphatic imine (C=N–C) groups is 1. The molecule has 1 aromatic carbocycles. The number of nitrogens with one attached hydrogen (secondary N) is 2. The van der Waals surface area contributed by atoms with Gasteiger partial charge in [0.25, 0.3) is 0 Å². The van der Waals surface area contributed by atoms with E-state index in [9.17, 15) is 0 Å². The number of ether oxygens (including phenoxy) is 2. The molecule has 0 aromatic heterocycles. The van der Waals surface area contributed by atoms with E-state index in [1.807, 2.05) is 14.0 Å². The molecule has 1 saturated heterocycles. The van der Waals surface area contributed by atoms with Crippen LogP contribution in [0.4, 0.5) is 0 Å². The predicted molar refractivity (Wildman–Crippen MR) is 105 cm³/mol. The van der Waals surface area contributed by atoms with Gasteiger partial charge in [-0.05, 0) is 52.4 Å². The fourth-order valence-corrected chi connectivity index (χ4v) is 3.76. The lowest BCUT2D eigenvalue weighted by atomic mass is 10.1. The van der Waals surface area contributed by atoms with Gasteiger partial charge in [-0.1, -0.05) is 0 Å². The molecule has 2 N–H and O–H groups in total. The van der Waals surface area contributed by atoms with Gasteiger partial charge >= 0.3 is 0 Å². The fraction of sp³-hybridized carbons (Fsp3) is 0.650. The number of fused-ring (bicyclic) bond motifs is 1. The normalized spacial score (nSPS) is 22.8. The van der Waals surface area contributed by atoms with Crippen molar-refractivity contribution in [2.45, 2.75) is 51.8 Å². The SMILES string of the molecule is CCOc1cc2c(cc1CNC(=NC)NCC1CCCN1C)OC(C)C2. The van der Waals surface area contributed by atoms with E-state index >= 15 is 0 Å². The van der Waals surface area contributed by atoms with Crippen LogP contribution in [0.2, 0.25) is 0 Å². The third kappa shape index (κ3) is 4.41. The molecular weight excluding hydrogens is 328 g/mol. The maximum absolute atomic E-state index is 5.91. The highest BCUT2D eigenvalue weighted by Gasteiger charge is 2.23. The largest absolute Gasteiger partial charge is 0.494 e. The molecule has 2 heterocycles. The van der Waals surface area contributed by atoms with Gasteiger partial charge in [0.2, 0.25) is 0 Å². The van der Waals surface area contributed by atoms with Crippen molar-refractivity contribution in [2.24, 2.45) is 4.99 Å². The van der Waals surface area contributed by atoms with Crippen LogP contribution >= 0.6 is 0 Å². The van der Waals surface area contributed by atoms with Crippen molar-refractivity contribution >= 4 is 5.96 Å². The zero-order valence-electron chi connectivity index (χ0n) is 16.5. The molecule has 0 bridgehead atoms. The van der Waals surface area contributed by atoms with Crippen LogP contribution < -0.4 is 20.1 Å². The standard InChI is InChI=1S/C20H32N4O2/c1-5-25-18-10-15-9-14(2)26-19(15)11-16(18)12-22-20(21-3)23-13-17-7-6-8-24(17)4/h10-11,14,17H,5-9,12-13H2,1-4H3,(H2,21,22,23). The number of rotatable bonds is 6. The second-order valence-electron chi connectivity index (χ2n) is 7.22. The number of guanidine groups is 1. The number of nitrogens with zero attached hydrogens (tertiary/aromatic N) is 2. The summed E-state index contributed by atoms with van der Waals surface area (Å²) >= 11 is 0. The van der Waals surface area contributed by atoms with Gasteiger partial charge in [-0.25, -0.2) is 0 Å².